The highest BCUT2D eigenvalue weighted by atomic mass is 79.9. The number of hydrogen-bond donors (Lipinski definition) is 2. The van der Waals surface area contributed by atoms with E-state index in [0.717, 1.165) is 9.85 Å². The molecule has 1 heterocycles. The first-order valence-corrected chi connectivity index (χ1v) is 9.66. The van der Waals surface area contributed by atoms with Gasteiger partial charge >= 0.3 is 0 Å². The maximum absolute atomic E-state index is 12.1. The van der Waals surface area contributed by atoms with Gasteiger partial charge in [-0.05, 0) is 34.1 Å². The second kappa shape index (κ2) is 7.83. The average Bonchev–Trinajstić information content (AvgIpc) is 2.98. The van der Waals surface area contributed by atoms with Crippen LogP contribution in [0.4, 0.5) is 5.69 Å². The number of carbonyl (C=O) groups is 1. The van der Waals surface area contributed by atoms with E-state index >= 15 is 0 Å². The predicted molar refractivity (Wildman–Crippen MR) is 92.6 cm³/mol. The van der Waals surface area contributed by atoms with E-state index in [0.29, 0.717) is 4.88 Å². The van der Waals surface area contributed by atoms with Crippen molar-refractivity contribution < 1.29 is 18.1 Å². The van der Waals surface area contributed by atoms with Crippen molar-refractivity contribution in [1.82, 2.24) is 10.0 Å². The van der Waals surface area contributed by atoms with Crippen molar-refractivity contribution in [3.05, 3.63) is 55.2 Å². The van der Waals surface area contributed by atoms with Crippen LogP contribution in [-0.4, -0.2) is 32.3 Å². The van der Waals surface area contributed by atoms with Gasteiger partial charge < -0.3 is 5.32 Å². The molecule has 2 rings (SSSR count). The number of amides is 1. The summed E-state index contributed by atoms with van der Waals surface area (Å²) in [6.45, 7) is 0.0474. The lowest BCUT2D eigenvalue weighted by Gasteiger charge is -2.07. The largest absolute Gasteiger partial charge is 0.350 e. The first-order chi connectivity index (χ1) is 11.3. The summed E-state index contributed by atoms with van der Waals surface area (Å²) in [6.07, 6.45) is 0. The van der Waals surface area contributed by atoms with Crippen LogP contribution in [0.3, 0.4) is 0 Å². The second-order valence-corrected chi connectivity index (χ2v) is 8.74. The van der Waals surface area contributed by atoms with Crippen molar-refractivity contribution in [2.24, 2.45) is 0 Å². The molecule has 0 spiro atoms. The van der Waals surface area contributed by atoms with Crippen LogP contribution in [0.1, 0.15) is 9.67 Å². The number of benzene rings is 1. The minimum atomic E-state index is -3.89. The zero-order valence-electron chi connectivity index (χ0n) is 12.1. The highest BCUT2D eigenvalue weighted by Gasteiger charge is 2.17. The number of non-ortho nitro benzene ring substituents is 1. The van der Waals surface area contributed by atoms with Crippen molar-refractivity contribution >= 4 is 48.9 Å². The number of nitro benzene ring substituents is 1. The maximum Gasteiger partial charge on any atom is 0.270 e. The van der Waals surface area contributed by atoms with Crippen LogP contribution < -0.4 is 10.0 Å². The Labute approximate surface area is 150 Å². The van der Waals surface area contributed by atoms with Gasteiger partial charge in [0.1, 0.15) is 0 Å². The van der Waals surface area contributed by atoms with Crippen molar-refractivity contribution in [1.29, 1.82) is 0 Å². The molecule has 0 saturated carbocycles. The molecule has 0 fully saturated rings. The van der Waals surface area contributed by atoms with Gasteiger partial charge in [0.25, 0.3) is 11.6 Å². The maximum atomic E-state index is 12.1. The van der Waals surface area contributed by atoms with E-state index in [1.807, 2.05) is 0 Å². The van der Waals surface area contributed by atoms with Crippen LogP contribution in [-0.2, 0) is 10.0 Å². The number of nitro groups is 1. The Balaban J connectivity index is 1.90. The number of hydrogen-bond acceptors (Lipinski definition) is 6. The van der Waals surface area contributed by atoms with Crippen LogP contribution in [0.15, 0.2) is 45.1 Å². The standard InChI is InChI=1S/C13H12BrN3O5S2/c14-12-5-4-11(23-12)13(18)15-6-7-16-24(21,22)10-3-1-2-9(8-10)17(19)20/h1-5,8,16H,6-7H2,(H,15,18). The first-order valence-electron chi connectivity index (χ1n) is 6.57. The third-order valence-electron chi connectivity index (χ3n) is 2.84. The number of thiophene rings is 1. The molecular formula is C13H12BrN3O5S2. The van der Waals surface area contributed by atoms with Gasteiger partial charge in [-0.25, -0.2) is 13.1 Å². The molecular weight excluding hydrogens is 422 g/mol. The molecule has 0 radical (unpaired) electrons. The Bertz CT molecular complexity index is 866. The number of nitrogens with one attached hydrogen (secondary N) is 2. The van der Waals surface area contributed by atoms with Crippen molar-refractivity contribution in [2.75, 3.05) is 13.1 Å². The molecule has 11 heteroatoms. The molecule has 24 heavy (non-hydrogen) atoms. The number of nitrogens with zero attached hydrogens (tertiary/aromatic N) is 1. The molecule has 1 aromatic heterocycles. The van der Waals surface area contributed by atoms with E-state index in [4.69, 9.17) is 0 Å². The highest BCUT2D eigenvalue weighted by Crippen LogP contribution is 2.21. The van der Waals surface area contributed by atoms with Crippen molar-refractivity contribution in [3.63, 3.8) is 0 Å². The van der Waals surface area contributed by atoms with Crippen LogP contribution in [0.2, 0.25) is 0 Å². The molecule has 128 valence electrons. The quantitative estimate of drug-likeness (QED) is 0.393. The van der Waals surface area contributed by atoms with Gasteiger partial charge in [-0.2, -0.15) is 0 Å². The third-order valence-corrected chi connectivity index (χ3v) is 5.92. The third kappa shape index (κ3) is 4.84. The van der Waals surface area contributed by atoms with Crippen molar-refractivity contribution in [2.45, 2.75) is 4.90 Å². The second-order valence-electron chi connectivity index (χ2n) is 4.51. The van der Waals surface area contributed by atoms with Gasteiger partial charge in [-0.1, -0.05) is 6.07 Å². The molecule has 0 atom stereocenters. The number of halogens is 1. The summed E-state index contributed by atoms with van der Waals surface area (Å²) < 4.78 is 27.2. The van der Waals surface area contributed by atoms with Crippen LogP contribution in [0.25, 0.3) is 0 Å². The lowest BCUT2D eigenvalue weighted by molar-refractivity contribution is -0.385. The van der Waals surface area contributed by atoms with E-state index in [9.17, 15) is 23.3 Å². The van der Waals surface area contributed by atoms with Crippen molar-refractivity contribution in [3.8, 4) is 0 Å². The lowest BCUT2D eigenvalue weighted by Crippen LogP contribution is -2.34. The van der Waals surface area contributed by atoms with Gasteiger partial charge in [-0.15, -0.1) is 11.3 Å². The summed E-state index contributed by atoms with van der Waals surface area (Å²) in [7, 11) is -3.89. The van der Waals surface area contributed by atoms with Gasteiger partial charge in [0.05, 0.1) is 18.5 Å². The molecule has 2 N–H and O–H groups in total. The Morgan fingerprint density at radius 3 is 2.62 bits per heavy atom. The molecule has 0 unspecified atom stereocenters. The van der Waals surface area contributed by atoms with Gasteiger partial charge in [0.15, 0.2) is 0 Å². The summed E-state index contributed by atoms with van der Waals surface area (Å²) in [6, 6.07) is 8.13. The van der Waals surface area contributed by atoms with E-state index in [1.165, 1.54) is 29.5 Å². The molecule has 0 saturated heterocycles. The van der Waals surface area contributed by atoms with Gasteiger partial charge in [0, 0.05) is 25.2 Å². The number of rotatable bonds is 7. The van der Waals surface area contributed by atoms with Gasteiger partial charge in [-0.3, -0.25) is 14.9 Å². The molecule has 1 amide bonds. The smallest absolute Gasteiger partial charge is 0.270 e. The van der Waals surface area contributed by atoms with Crippen LogP contribution in [0, 0.1) is 10.1 Å². The van der Waals surface area contributed by atoms with E-state index in [2.05, 4.69) is 26.0 Å². The lowest BCUT2D eigenvalue weighted by atomic mass is 10.3. The molecule has 0 aliphatic heterocycles. The Kier molecular flexibility index (Phi) is 6.04. The Hall–Kier alpha value is -1.82. The molecule has 0 bridgehead atoms. The van der Waals surface area contributed by atoms with E-state index < -0.39 is 14.9 Å². The van der Waals surface area contributed by atoms with Crippen LogP contribution in [0.5, 0.6) is 0 Å². The minimum absolute atomic E-state index is 0.0384. The van der Waals surface area contributed by atoms with Crippen LogP contribution >= 0.6 is 27.3 Å². The predicted octanol–water partition coefficient (Wildman–Crippen LogP) is 2.13. The number of sulfonamides is 1. The zero-order chi connectivity index (χ0) is 17.7. The molecule has 0 aliphatic rings. The summed E-state index contributed by atoms with van der Waals surface area (Å²) in [5, 5.41) is 13.3. The number of carbonyl (C=O) groups excluding carboxylic acids is 1. The van der Waals surface area contributed by atoms with E-state index in [1.54, 1.807) is 12.1 Å². The summed E-state index contributed by atoms with van der Waals surface area (Å²) in [4.78, 5) is 22.1. The van der Waals surface area contributed by atoms with E-state index in [-0.39, 0.29) is 29.6 Å². The summed E-state index contributed by atoms with van der Waals surface area (Å²) >= 11 is 4.51. The average molecular weight is 434 g/mol. The minimum Gasteiger partial charge on any atom is -0.350 e. The summed E-state index contributed by atoms with van der Waals surface area (Å²) in [5.41, 5.74) is -0.311. The molecule has 0 aliphatic carbocycles. The zero-order valence-corrected chi connectivity index (χ0v) is 15.3. The molecule has 2 aromatic rings. The topological polar surface area (TPSA) is 118 Å². The monoisotopic (exact) mass is 433 g/mol. The first kappa shape index (κ1) is 18.5. The molecule has 1 aromatic carbocycles. The fraction of sp³-hybridized carbons (Fsp3) is 0.154. The fourth-order valence-electron chi connectivity index (χ4n) is 1.73. The fourth-order valence-corrected chi connectivity index (χ4v) is 4.11. The Morgan fingerprint density at radius 2 is 2.00 bits per heavy atom. The normalized spacial score (nSPS) is 11.2. The SMILES string of the molecule is O=C(NCCNS(=O)(=O)c1cccc([N+](=O)[O-])c1)c1ccc(Br)s1. The molecule has 8 nitrogen and oxygen atoms in total. The Morgan fingerprint density at radius 1 is 1.25 bits per heavy atom. The highest BCUT2D eigenvalue weighted by molar-refractivity contribution is 9.11. The summed E-state index contributed by atoms with van der Waals surface area (Å²) in [5.74, 6) is -0.305. The van der Waals surface area contributed by atoms with Gasteiger partial charge in [0.2, 0.25) is 10.0 Å².